The number of aryl methyl sites for hydroxylation is 2. The summed E-state index contributed by atoms with van der Waals surface area (Å²) in [4.78, 5) is 16.3. The maximum Gasteiger partial charge on any atom is 0.434 e. The molecule has 28 heavy (non-hydrogen) atoms. The summed E-state index contributed by atoms with van der Waals surface area (Å²) < 4.78 is 79.3. The highest BCUT2D eigenvalue weighted by Gasteiger charge is 2.38. The molecule has 3 aromatic heterocycles. The zero-order valence-corrected chi connectivity index (χ0v) is 14.5. The van der Waals surface area contributed by atoms with E-state index < -0.39 is 35.6 Å². The molecule has 0 saturated heterocycles. The molecule has 0 fully saturated rings. The van der Waals surface area contributed by atoms with Gasteiger partial charge in [0.25, 0.3) is 5.56 Å². The Bertz CT molecular complexity index is 1060. The molecular formula is C17H14F6N4O. The summed E-state index contributed by atoms with van der Waals surface area (Å²) in [6, 6.07) is 2.90. The first-order chi connectivity index (χ1) is 13.0. The Labute approximate surface area is 154 Å². The minimum Gasteiger partial charge on any atom is -0.272 e. The minimum atomic E-state index is -4.90. The number of alkyl halides is 6. The molecular weight excluding hydrogens is 390 g/mol. The first-order valence-corrected chi connectivity index (χ1v) is 8.15. The summed E-state index contributed by atoms with van der Waals surface area (Å²) in [5.74, 6) is 0. The van der Waals surface area contributed by atoms with Gasteiger partial charge in [0.15, 0.2) is 5.69 Å². The van der Waals surface area contributed by atoms with Gasteiger partial charge in [-0.25, -0.2) is 4.98 Å². The standard InChI is InChI=1S/C17H14F6N4O/c1-10-3-6-27-12(7-10)25-14(17(21,22)23)13(15(27)28)11-8-24-26(9-11)5-2-4-16(18,19)20/h3,6-9H,2,4-5H2,1H3. The molecule has 0 saturated carbocycles. The van der Waals surface area contributed by atoms with Crippen molar-refractivity contribution in [3.8, 4) is 11.1 Å². The topological polar surface area (TPSA) is 52.2 Å². The lowest BCUT2D eigenvalue weighted by molar-refractivity contribution is -0.140. The van der Waals surface area contributed by atoms with Crippen molar-refractivity contribution in [3.63, 3.8) is 0 Å². The molecule has 3 aromatic rings. The Kier molecular flexibility index (Phi) is 4.94. The van der Waals surface area contributed by atoms with E-state index in [0.717, 1.165) is 21.5 Å². The number of aromatic nitrogens is 4. The molecule has 0 spiro atoms. The highest BCUT2D eigenvalue weighted by Crippen LogP contribution is 2.34. The van der Waals surface area contributed by atoms with Crippen LogP contribution in [0.15, 0.2) is 35.5 Å². The third-order valence-electron chi connectivity index (χ3n) is 4.02. The van der Waals surface area contributed by atoms with Crippen LogP contribution < -0.4 is 5.56 Å². The van der Waals surface area contributed by atoms with E-state index >= 15 is 0 Å². The zero-order chi connectivity index (χ0) is 20.7. The van der Waals surface area contributed by atoms with E-state index in [2.05, 4.69) is 10.1 Å². The van der Waals surface area contributed by atoms with Crippen molar-refractivity contribution >= 4 is 5.65 Å². The summed E-state index contributed by atoms with van der Waals surface area (Å²) in [5.41, 5.74) is -2.68. The van der Waals surface area contributed by atoms with Crippen LogP contribution in [0.3, 0.4) is 0 Å². The molecule has 0 unspecified atom stereocenters. The van der Waals surface area contributed by atoms with E-state index in [4.69, 9.17) is 0 Å². The third-order valence-corrected chi connectivity index (χ3v) is 4.02. The van der Waals surface area contributed by atoms with Crippen LogP contribution >= 0.6 is 0 Å². The number of nitrogens with zero attached hydrogens (tertiary/aromatic N) is 4. The number of hydrogen-bond acceptors (Lipinski definition) is 3. The largest absolute Gasteiger partial charge is 0.434 e. The van der Waals surface area contributed by atoms with Crippen LogP contribution in [-0.4, -0.2) is 25.3 Å². The highest BCUT2D eigenvalue weighted by molar-refractivity contribution is 5.66. The molecule has 0 aliphatic carbocycles. The van der Waals surface area contributed by atoms with Crippen molar-refractivity contribution in [1.29, 1.82) is 0 Å². The summed E-state index contributed by atoms with van der Waals surface area (Å²) in [7, 11) is 0. The molecule has 0 N–H and O–H groups in total. The van der Waals surface area contributed by atoms with Gasteiger partial charge in [0, 0.05) is 30.9 Å². The lowest BCUT2D eigenvalue weighted by atomic mass is 10.1. The SMILES string of the molecule is Cc1ccn2c(=O)c(-c3cnn(CCCC(F)(F)F)c3)c(C(F)(F)F)nc2c1. The van der Waals surface area contributed by atoms with E-state index in [1.165, 1.54) is 12.3 Å². The first-order valence-electron chi connectivity index (χ1n) is 8.15. The predicted octanol–water partition coefficient (Wildman–Crippen LogP) is 4.23. The predicted molar refractivity (Wildman–Crippen MR) is 87.7 cm³/mol. The monoisotopic (exact) mass is 404 g/mol. The molecule has 0 aromatic carbocycles. The van der Waals surface area contributed by atoms with Gasteiger partial charge in [-0.15, -0.1) is 0 Å². The fraction of sp³-hybridized carbons (Fsp3) is 0.353. The zero-order valence-electron chi connectivity index (χ0n) is 14.5. The summed E-state index contributed by atoms with van der Waals surface area (Å²) >= 11 is 0. The van der Waals surface area contributed by atoms with Crippen molar-refractivity contribution in [3.05, 3.63) is 52.3 Å². The van der Waals surface area contributed by atoms with Crippen LogP contribution in [0.5, 0.6) is 0 Å². The molecule has 0 aliphatic heterocycles. The van der Waals surface area contributed by atoms with Crippen LogP contribution in [0.2, 0.25) is 0 Å². The molecule has 0 amide bonds. The summed E-state index contributed by atoms with van der Waals surface area (Å²) in [6.45, 7) is 1.50. The molecule has 3 rings (SSSR count). The smallest absolute Gasteiger partial charge is 0.272 e. The average Bonchev–Trinajstić information content (AvgIpc) is 3.00. The van der Waals surface area contributed by atoms with Crippen molar-refractivity contribution in [2.75, 3.05) is 0 Å². The average molecular weight is 404 g/mol. The first kappa shape index (κ1) is 19.9. The van der Waals surface area contributed by atoms with Gasteiger partial charge in [0.1, 0.15) is 5.65 Å². The molecule has 11 heteroatoms. The number of hydrogen-bond donors (Lipinski definition) is 0. The normalized spacial score (nSPS) is 12.7. The van der Waals surface area contributed by atoms with Gasteiger partial charge in [-0.3, -0.25) is 13.9 Å². The second kappa shape index (κ2) is 6.95. The lowest BCUT2D eigenvalue weighted by Crippen LogP contribution is -2.24. The summed E-state index contributed by atoms with van der Waals surface area (Å²) in [5, 5.41) is 3.78. The maximum absolute atomic E-state index is 13.5. The van der Waals surface area contributed by atoms with Crippen molar-refractivity contribution in [1.82, 2.24) is 19.2 Å². The number of halogens is 6. The Hall–Kier alpha value is -2.85. The van der Waals surface area contributed by atoms with Gasteiger partial charge >= 0.3 is 12.4 Å². The fourth-order valence-electron chi connectivity index (χ4n) is 2.76. The van der Waals surface area contributed by atoms with E-state index in [-0.39, 0.29) is 24.2 Å². The molecule has 0 bridgehead atoms. The Morgan fingerprint density at radius 1 is 1.14 bits per heavy atom. The van der Waals surface area contributed by atoms with E-state index in [0.29, 0.717) is 5.56 Å². The second-order valence-electron chi connectivity index (χ2n) is 6.28. The van der Waals surface area contributed by atoms with Crippen molar-refractivity contribution in [2.45, 2.75) is 38.7 Å². The Morgan fingerprint density at radius 3 is 2.50 bits per heavy atom. The summed E-state index contributed by atoms with van der Waals surface area (Å²) in [6.07, 6.45) is -7.12. The van der Waals surface area contributed by atoms with Crippen molar-refractivity contribution < 1.29 is 26.3 Å². The van der Waals surface area contributed by atoms with Gasteiger partial charge in [-0.05, 0) is 31.0 Å². The van der Waals surface area contributed by atoms with Gasteiger partial charge in [0.05, 0.1) is 11.8 Å². The van der Waals surface area contributed by atoms with Crippen LogP contribution in [0.25, 0.3) is 16.8 Å². The van der Waals surface area contributed by atoms with Gasteiger partial charge in [-0.1, -0.05) is 0 Å². The third kappa shape index (κ3) is 4.18. The minimum absolute atomic E-state index is 0.150. The molecule has 0 atom stereocenters. The molecule has 0 aliphatic rings. The fourth-order valence-corrected chi connectivity index (χ4v) is 2.76. The number of rotatable bonds is 4. The molecule has 5 nitrogen and oxygen atoms in total. The molecule has 3 heterocycles. The number of pyridine rings is 1. The van der Waals surface area contributed by atoms with Gasteiger partial charge < -0.3 is 0 Å². The van der Waals surface area contributed by atoms with Gasteiger partial charge in [-0.2, -0.15) is 31.4 Å². The van der Waals surface area contributed by atoms with E-state index in [9.17, 15) is 31.1 Å². The Morgan fingerprint density at radius 2 is 1.86 bits per heavy atom. The van der Waals surface area contributed by atoms with Crippen LogP contribution in [0.4, 0.5) is 26.3 Å². The molecule has 0 radical (unpaired) electrons. The lowest BCUT2D eigenvalue weighted by Gasteiger charge is -2.12. The number of fused-ring (bicyclic) bond motifs is 1. The van der Waals surface area contributed by atoms with E-state index in [1.807, 2.05) is 0 Å². The van der Waals surface area contributed by atoms with Crippen LogP contribution in [0.1, 0.15) is 24.1 Å². The van der Waals surface area contributed by atoms with E-state index in [1.54, 1.807) is 13.0 Å². The quantitative estimate of drug-likeness (QED) is 0.612. The highest BCUT2D eigenvalue weighted by atomic mass is 19.4. The van der Waals surface area contributed by atoms with Gasteiger partial charge in [0.2, 0.25) is 0 Å². The Balaban J connectivity index is 2.06. The maximum atomic E-state index is 13.5. The van der Waals surface area contributed by atoms with Crippen LogP contribution in [-0.2, 0) is 12.7 Å². The second-order valence-corrected chi connectivity index (χ2v) is 6.28. The molecule has 150 valence electrons. The van der Waals surface area contributed by atoms with Crippen molar-refractivity contribution in [2.24, 2.45) is 0 Å². The van der Waals surface area contributed by atoms with Crippen LogP contribution in [0, 0.1) is 6.92 Å².